The zero-order valence-corrected chi connectivity index (χ0v) is 19.8. The van der Waals surface area contributed by atoms with E-state index in [1.807, 2.05) is 29.0 Å². The Kier molecular flexibility index (Phi) is 6.98. The summed E-state index contributed by atoms with van der Waals surface area (Å²) in [5.74, 6) is 0.722. The third-order valence-electron chi connectivity index (χ3n) is 6.96. The number of morpholine rings is 1. The van der Waals surface area contributed by atoms with Crippen molar-refractivity contribution in [2.75, 3.05) is 43.1 Å². The van der Waals surface area contributed by atoms with E-state index in [-0.39, 0.29) is 11.6 Å². The van der Waals surface area contributed by atoms with Gasteiger partial charge in [-0.25, -0.2) is 9.07 Å². The molecule has 2 aromatic carbocycles. The number of nitrogens with one attached hydrogen (secondary N) is 1. The van der Waals surface area contributed by atoms with Crippen LogP contribution in [0.25, 0.3) is 16.9 Å². The lowest BCUT2D eigenvalue weighted by Crippen LogP contribution is -2.36. The van der Waals surface area contributed by atoms with Crippen LogP contribution in [0.4, 0.5) is 15.9 Å². The predicted molar refractivity (Wildman–Crippen MR) is 135 cm³/mol. The minimum absolute atomic E-state index is 0.0293. The number of aromatic nitrogens is 2. The second-order valence-corrected chi connectivity index (χ2v) is 9.42. The molecule has 1 saturated heterocycles. The Hall–Kier alpha value is -3.41. The molecule has 3 N–H and O–H groups in total. The summed E-state index contributed by atoms with van der Waals surface area (Å²) < 4.78 is 21.8. The van der Waals surface area contributed by atoms with Gasteiger partial charge in [0.15, 0.2) is 0 Å². The van der Waals surface area contributed by atoms with Gasteiger partial charge in [-0.15, -0.1) is 5.10 Å². The maximum Gasteiger partial charge on any atom is 0.149 e. The van der Waals surface area contributed by atoms with Crippen molar-refractivity contribution in [3.05, 3.63) is 59.9 Å². The van der Waals surface area contributed by atoms with E-state index >= 15 is 0 Å². The molecule has 1 aromatic heterocycles. The van der Waals surface area contributed by atoms with E-state index in [9.17, 15) is 4.39 Å². The Morgan fingerprint density at radius 2 is 1.86 bits per heavy atom. The lowest BCUT2D eigenvalue weighted by atomic mass is 9.86. The average molecular weight is 475 g/mol. The third-order valence-corrected chi connectivity index (χ3v) is 6.96. The van der Waals surface area contributed by atoms with Gasteiger partial charge in [-0.1, -0.05) is 12.5 Å². The minimum atomic E-state index is -0.536. The SMILES string of the molecule is N#Cc1ccc(-c2cc(NC[C@H]3CCC[C@H](N)C3)nn2-c2ccc(N3CCOCC3)cc2)cc1F. The number of anilines is 2. The van der Waals surface area contributed by atoms with Crippen LogP contribution in [0.15, 0.2) is 48.5 Å². The van der Waals surface area contributed by atoms with Gasteiger partial charge >= 0.3 is 0 Å². The van der Waals surface area contributed by atoms with Crippen molar-refractivity contribution in [1.29, 1.82) is 5.26 Å². The second-order valence-electron chi connectivity index (χ2n) is 9.42. The van der Waals surface area contributed by atoms with Gasteiger partial charge in [-0.2, -0.15) is 5.26 Å². The fraction of sp³-hybridized carbons (Fsp3) is 0.407. The lowest BCUT2D eigenvalue weighted by molar-refractivity contribution is 0.122. The molecule has 2 aliphatic rings. The van der Waals surface area contributed by atoms with Crippen LogP contribution in [-0.2, 0) is 4.74 Å². The standard InChI is InChI=1S/C27H31FN6O/c28-25-15-20(4-5-21(25)17-29)26-16-27(31-18-19-2-1-3-22(30)14-19)32-34(26)24-8-6-23(7-9-24)33-10-12-35-13-11-33/h4-9,15-16,19,22H,1-3,10-14,18,30H2,(H,31,32)/t19-,22-/m0/s1. The summed E-state index contributed by atoms with van der Waals surface area (Å²) in [6.07, 6.45) is 4.44. The van der Waals surface area contributed by atoms with Crippen LogP contribution in [-0.4, -0.2) is 48.7 Å². The first-order valence-corrected chi connectivity index (χ1v) is 12.3. The van der Waals surface area contributed by atoms with Gasteiger partial charge in [0.2, 0.25) is 0 Å². The highest BCUT2D eigenvalue weighted by Gasteiger charge is 2.20. The first-order chi connectivity index (χ1) is 17.1. The van der Waals surface area contributed by atoms with Crippen LogP contribution < -0.4 is 16.0 Å². The van der Waals surface area contributed by atoms with Crippen LogP contribution >= 0.6 is 0 Å². The van der Waals surface area contributed by atoms with E-state index in [1.54, 1.807) is 6.07 Å². The summed E-state index contributed by atoms with van der Waals surface area (Å²) in [5.41, 5.74) is 9.64. The monoisotopic (exact) mass is 474 g/mol. The highest BCUT2D eigenvalue weighted by molar-refractivity contribution is 5.67. The normalized spacial score (nSPS) is 20.4. The van der Waals surface area contributed by atoms with Crippen LogP contribution in [0.1, 0.15) is 31.2 Å². The van der Waals surface area contributed by atoms with Crippen LogP contribution in [0, 0.1) is 23.1 Å². The Balaban J connectivity index is 1.43. The van der Waals surface area contributed by atoms with E-state index in [0.717, 1.165) is 81.4 Å². The number of hydrogen-bond acceptors (Lipinski definition) is 6. The van der Waals surface area contributed by atoms with Gasteiger partial charge < -0.3 is 20.7 Å². The zero-order chi connectivity index (χ0) is 24.2. The Bertz CT molecular complexity index is 1200. The van der Waals surface area contributed by atoms with Gasteiger partial charge in [0.1, 0.15) is 17.7 Å². The smallest absolute Gasteiger partial charge is 0.149 e. The van der Waals surface area contributed by atoms with E-state index < -0.39 is 5.82 Å². The molecule has 35 heavy (non-hydrogen) atoms. The average Bonchev–Trinajstić information content (AvgIpc) is 3.32. The molecular formula is C27H31FN6O. The predicted octanol–water partition coefficient (Wildman–Crippen LogP) is 4.32. The Morgan fingerprint density at radius 3 is 2.57 bits per heavy atom. The number of nitrogens with zero attached hydrogens (tertiary/aromatic N) is 4. The number of hydrogen-bond donors (Lipinski definition) is 2. The number of nitriles is 1. The van der Waals surface area contributed by atoms with Crippen molar-refractivity contribution >= 4 is 11.5 Å². The molecule has 2 heterocycles. The Labute approximate surface area is 205 Å². The summed E-state index contributed by atoms with van der Waals surface area (Å²) in [6.45, 7) is 4.01. The van der Waals surface area contributed by atoms with Crippen molar-refractivity contribution in [2.24, 2.45) is 11.7 Å². The fourth-order valence-corrected chi connectivity index (χ4v) is 5.03. The first-order valence-electron chi connectivity index (χ1n) is 12.3. The molecule has 1 aliphatic heterocycles. The van der Waals surface area contributed by atoms with Crippen molar-refractivity contribution in [1.82, 2.24) is 9.78 Å². The zero-order valence-electron chi connectivity index (χ0n) is 19.8. The van der Waals surface area contributed by atoms with Crippen molar-refractivity contribution in [3.8, 4) is 23.0 Å². The van der Waals surface area contributed by atoms with Gasteiger partial charge in [0.05, 0.1) is 30.2 Å². The molecule has 182 valence electrons. The van der Waals surface area contributed by atoms with E-state index in [0.29, 0.717) is 11.5 Å². The van der Waals surface area contributed by atoms with Crippen molar-refractivity contribution in [2.45, 2.75) is 31.7 Å². The number of ether oxygens (including phenoxy) is 1. The summed E-state index contributed by atoms with van der Waals surface area (Å²) in [5, 5.41) is 17.4. The molecule has 0 bridgehead atoms. The number of benzene rings is 2. The van der Waals surface area contributed by atoms with E-state index in [1.165, 1.54) is 12.1 Å². The van der Waals surface area contributed by atoms with Crippen LogP contribution in [0.5, 0.6) is 0 Å². The fourth-order valence-electron chi connectivity index (χ4n) is 5.03. The molecule has 0 spiro atoms. The summed E-state index contributed by atoms with van der Waals surface area (Å²) in [7, 11) is 0. The molecule has 2 fully saturated rings. The number of rotatable bonds is 6. The maximum atomic E-state index is 14.5. The molecule has 7 nitrogen and oxygen atoms in total. The van der Waals surface area contributed by atoms with Gasteiger partial charge in [0.25, 0.3) is 0 Å². The molecule has 0 unspecified atom stereocenters. The quantitative estimate of drug-likeness (QED) is 0.553. The minimum Gasteiger partial charge on any atom is -0.378 e. The number of nitrogens with two attached hydrogens (primary N) is 1. The third kappa shape index (κ3) is 5.31. The largest absolute Gasteiger partial charge is 0.378 e. The second kappa shape index (κ2) is 10.5. The molecule has 1 saturated carbocycles. The first kappa shape index (κ1) is 23.3. The highest BCUT2D eigenvalue weighted by atomic mass is 19.1. The molecular weight excluding hydrogens is 443 g/mol. The van der Waals surface area contributed by atoms with Gasteiger partial charge in [-0.3, -0.25) is 0 Å². The molecule has 5 rings (SSSR count). The van der Waals surface area contributed by atoms with E-state index in [4.69, 9.17) is 20.8 Å². The Morgan fingerprint density at radius 1 is 1.09 bits per heavy atom. The summed E-state index contributed by atoms with van der Waals surface area (Å²) in [4.78, 5) is 2.30. The summed E-state index contributed by atoms with van der Waals surface area (Å²) >= 11 is 0. The maximum absolute atomic E-state index is 14.5. The molecule has 8 heteroatoms. The van der Waals surface area contributed by atoms with Crippen molar-refractivity contribution < 1.29 is 9.13 Å². The molecule has 2 atom stereocenters. The topological polar surface area (TPSA) is 92.1 Å². The highest BCUT2D eigenvalue weighted by Crippen LogP contribution is 2.30. The summed E-state index contributed by atoms with van der Waals surface area (Å²) in [6, 6.07) is 17.0. The number of halogens is 1. The molecule has 1 aliphatic carbocycles. The lowest BCUT2D eigenvalue weighted by Gasteiger charge is -2.28. The van der Waals surface area contributed by atoms with E-state index in [2.05, 4.69) is 22.3 Å². The van der Waals surface area contributed by atoms with Gasteiger partial charge in [0, 0.05) is 43.0 Å². The van der Waals surface area contributed by atoms with Gasteiger partial charge in [-0.05, 0) is 61.6 Å². The molecule has 0 amide bonds. The van der Waals surface area contributed by atoms with Crippen LogP contribution in [0.2, 0.25) is 0 Å². The van der Waals surface area contributed by atoms with Crippen molar-refractivity contribution in [3.63, 3.8) is 0 Å². The molecule has 3 aromatic rings. The van der Waals surface area contributed by atoms with Crippen LogP contribution in [0.3, 0.4) is 0 Å². The molecule has 0 radical (unpaired) electrons.